The first-order valence-corrected chi connectivity index (χ1v) is 12.3. The number of carbonyl (C=O) groups is 2. The van der Waals surface area contributed by atoms with Gasteiger partial charge in [0.25, 0.3) is 0 Å². The van der Waals surface area contributed by atoms with E-state index in [0.717, 1.165) is 44.9 Å². The summed E-state index contributed by atoms with van der Waals surface area (Å²) in [7, 11) is 0. The third-order valence-electron chi connectivity index (χ3n) is 8.40. The molecule has 0 spiro atoms. The molecule has 1 saturated heterocycles. The number of hydrogen-bond acceptors (Lipinski definition) is 6. The van der Waals surface area contributed by atoms with Gasteiger partial charge >= 0.3 is 11.9 Å². The molecular weight excluding hydrogens is 396 g/mol. The van der Waals surface area contributed by atoms with Crippen molar-refractivity contribution in [3.05, 3.63) is 0 Å². The first kappa shape index (κ1) is 24.5. The average molecular weight is 439 g/mol. The summed E-state index contributed by atoms with van der Waals surface area (Å²) < 4.78 is 11.7. The highest BCUT2D eigenvalue weighted by molar-refractivity contribution is 5.76. The smallest absolute Gasteiger partial charge is 0.311 e. The summed E-state index contributed by atoms with van der Waals surface area (Å²) >= 11 is 0. The van der Waals surface area contributed by atoms with E-state index in [1.165, 1.54) is 0 Å². The van der Waals surface area contributed by atoms with Gasteiger partial charge in [0.2, 0.25) is 0 Å². The second-order valence-corrected chi connectivity index (χ2v) is 11.0. The first-order valence-electron chi connectivity index (χ1n) is 12.3. The van der Waals surface area contributed by atoms with Crippen LogP contribution in [0.2, 0.25) is 0 Å². The van der Waals surface area contributed by atoms with Crippen molar-refractivity contribution in [3.8, 4) is 0 Å². The normalized spacial score (nSPS) is 38.8. The Morgan fingerprint density at radius 3 is 2.58 bits per heavy atom. The zero-order valence-corrected chi connectivity index (χ0v) is 19.7. The van der Waals surface area contributed by atoms with Crippen LogP contribution in [-0.2, 0) is 19.1 Å². The van der Waals surface area contributed by atoms with Crippen LogP contribution in [0.4, 0.5) is 0 Å². The second kappa shape index (κ2) is 10.2. The molecule has 3 rings (SSSR count). The molecule has 0 aromatic rings. The summed E-state index contributed by atoms with van der Waals surface area (Å²) in [5.41, 5.74) is -0.510. The van der Waals surface area contributed by atoms with E-state index in [4.69, 9.17) is 9.47 Å². The Bertz CT molecular complexity index is 632. The van der Waals surface area contributed by atoms with Gasteiger partial charge in [-0.05, 0) is 76.0 Å². The van der Waals surface area contributed by atoms with E-state index >= 15 is 0 Å². The molecule has 3 aliphatic rings. The maximum Gasteiger partial charge on any atom is 0.311 e. The van der Waals surface area contributed by atoms with Crippen molar-refractivity contribution < 1.29 is 29.3 Å². The summed E-state index contributed by atoms with van der Waals surface area (Å²) in [4.78, 5) is 24.7. The number of aliphatic hydroxyl groups excluding tert-OH is 2. The van der Waals surface area contributed by atoms with Crippen molar-refractivity contribution in [2.24, 2.45) is 35.0 Å². The highest BCUT2D eigenvalue weighted by Gasteiger charge is 2.48. The number of cyclic esters (lactones) is 1. The lowest BCUT2D eigenvalue weighted by Crippen LogP contribution is -2.49. The molecule has 31 heavy (non-hydrogen) atoms. The van der Waals surface area contributed by atoms with Crippen LogP contribution < -0.4 is 0 Å². The van der Waals surface area contributed by atoms with Gasteiger partial charge in [-0.25, -0.2) is 0 Å². The van der Waals surface area contributed by atoms with E-state index in [0.29, 0.717) is 24.2 Å². The van der Waals surface area contributed by atoms with Gasteiger partial charge in [0, 0.05) is 18.9 Å². The molecule has 6 heteroatoms. The quantitative estimate of drug-likeness (QED) is 0.586. The van der Waals surface area contributed by atoms with Crippen LogP contribution in [0.15, 0.2) is 0 Å². The lowest BCUT2D eigenvalue weighted by molar-refractivity contribution is -0.175. The fourth-order valence-corrected chi connectivity index (χ4v) is 6.09. The van der Waals surface area contributed by atoms with Gasteiger partial charge in [-0.3, -0.25) is 9.59 Å². The van der Waals surface area contributed by atoms with E-state index in [1.807, 2.05) is 20.8 Å². The van der Waals surface area contributed by atoms with E-state index in [2.05, 4.69) is 6.92 Å². The number of rotatable bonds is 7. The highest BCUT2D eigenvalue weighted by Crippen LogP contribution is 2.51. The van der Waals surface area contributed by atoms with E-state index < -0.39 is 11.5 Å². The molecule has 0 bridgehead atoms. The minimum atomic E-state index is -0.604. The van der Waals surface area contributed by atoms with Crippen molar-refractivity contribution in [1.82, 2.24) is 0 Å². The minimum Gasteiger partial charge on any atom is -0.462 e. The molecule has 6 nitrogen and oxygen atoms in total. The SMILES string of the molecule is CCC(C)(C)C(=O)O[C@H]1C[C@@H](CO)C[C@@H]2CC[C@H](C)[C@H](CC[C@@H]3C[C@@H](O)CC(=O)O3)[C@H]21. The van der Waals surface area contributed by atoms with Gasteiger partial charge < -0.3 is 19.7 Å². The lowest BCUT2D eigenvalue weighted by atomic mass is 9.58. The molecule has 178 valence electrons. The number of ether oxygens (including phenoxy) is 2. The summed E-state index contributed by atoms with van der Waals surface area (Å²) in [6, 6.07) is 0. The van der Waals surface area contributed by atoms with E-state index in [1.54, 1.807) is 0 Å². The Balaban J connectivity index is 1.74. The van der Waals surface area contributed by atoms with Crippen LogP contribution in [-0.4, -0.2) is 47.1 Å². The third-order valence-corrected chi connectivity index (χ3v) is 8.40. The average Bonchev–Trinajstić information content (AvgIpc) is 2.72. The Morgan fingerprint density at radius 1 is 1.19 bits per heavy atom. The molecule has 0 unspecified atom stereocenters. The van der Waals surface area contributed by atoms with Crippen molar-refractivity contribution in [1.29, 1.82) is 0 Å². The molecule has 3 fully saturated rings. The third kappa shape index (κ3) is 5.81. The lowest BCUT2D eigenvalue weighted by Gasteiger charge is -2.50. The zero-order valence-electron chi connectivity index (χ0n) is 19.7. The van der Waals surface area contributed by atoms with Crippen molar-refractivity contribution in [3.63, 3.8) is 0 Å². The van der Waals surface area contributed by atoms with Crippen LogP contribution in [0.3, 0.4) is 0 Å². The Hall–Kier alpha value is -1.14. The summed E-state index contributed by atoms with van der Waals surface area (Å²) in [5.74, 6) is 1.37. The van der Waals surface area contributed by atoms with Gasteiger partial charge in [-0.2, -0.15) is 0 Å². The molecular formula is C25H42O6. The Kier molecular flexibility index (Phi) is 8.06. The number of hydrogen-bond donors (Lipinski definition) is 2. The van der Waals surface area contributed by atoms with Crippen LogP contribution >= 0.6 is 0 Å². The number of esters is 2. The van der Waals surface area contributed by atoms with Crippen LogP contribution in [0.5, 0.6) is 0 Å². The van der Waals surface area contributed by atoms with Crippen LogP contribution in [0.1, 0.15) is 85.5 Å². The standard InChI is InChI=1S/C25H42O6/c1-5-25(3,4)24(29)31-21-11-16(14-26)10-17-7-6-15(2)20(23(17)21)9-8-19-12-18(27)13-22(28)30-19/h15-21,23,26-27H,5-14H2,1-4H3/t15-,16-,17-,18+,19+,20-,21-,23-/m0/s1. The van der Waals surface area contributed by atoms with Gasteiger partial charge in [-0.15, -0.1) is 0 Å². The Morgan fingerprint density at radius 2 is 1.94 bits per heavy atom. The Labute approximate surface area is 187 Å². The fourth-order valence-electron chi connectivity index (χ4n) is 6.09. The van der Waals surface area contributed by atoms with E-state index in [-0.39, 0.29) is 49.0 Å². The minimum absolute atomic E-state index is 0.0921. The molecule has 0 aromatic heterocycles. The number of fused-ring (bicyclic) bond motifs is 1. The summed E-state index contributed by atoms with van der Waals surface area (Å²) in [5, 5.41) is 19.8. The van der Waals surface area contributed by atoms with Gasteiger partial charge in [0.15, 0.2) is 0 Å². The zero-order chi connectivity index (χ0) is 22.8. The van der Waals surface area contributed by atoms with Gasteiger partial charge in [-0.1, -0.05) is 20.3 Å². The van der Waals surface area contributed by atoms with Crippen LogP contribution in [0.25, 0.3) is 0 Å². The van der Waals surface area contributed by atoms with Gasteiger partial charge in [0.05, 0.1) is 17.9 Å². The summed E-state index contributed by atoms with van der Waals surface area (Å²) in [6.07, 6.45) is 5.95. The fraction of sp³-hybridized carbons (Fsp3) is 0.920. The van der Waals surface area contributed by atoms with Gasteiger partial charge in [0.1, 0.15) is 12.2 Å². The monoisotopic (exact) mass is 438 g/mol. The van der Waals surface area contributed by atoms with Crippen molar-refractivity contribution in [2.45, 2.75) is 104 Å². The largest absolute Gasteiger partial charge is 0.462 e. The maximum absolute atomic E-state index is 12.9. The molecule has 8 atom stereocenters. The van der Waals surface area contributed by atoms with Crippen LogP contribution in [0, 0.1) is 35.0 Å². The number of carbonyl (C=O) groups excluding carboxylic acids is 2. The topological polar surface area (TPSA) is 93.1 Å². The molecule has 2 aliphatic carbocycles. The van der Waals surface area contributed by atoms with E-state index in [9.17, 15) is 19.8 Å². The second-order valence-electron chi connectivity index (χ2n) is 11.0. The van der Waals surface area contributed by atoms with Crippen molar-refractivity contribution in [2.75, 3.05) is 6.61 Å². The molecule has 0 aromatic carbocycles. The molecule has 0 amide bonds. The molecule has 1 heterocycles. The molecule has 2 saturated carbocycles. The highest BCUT2D eigenvalue weighted by atomic mass is 16.6. The predicted octanol–water partition coefficient (Wildman–Crippen LogP) is 3.86. The molecule has 1 aliphatic heterocycles. The van der Waals surface area contributed by atoms with Crippen molar-refractivity contribution >= 4 is 11.9 Å². The first-order chi connectivity index (χ1) is 14.6. The molecule has 0 radical (unpaired) electrons. The predicted molar refractivity (Wildman–Crippen MR) is 117 cm³/mol. The summed E-state index contributed by atoms with van der Waals surface area (Å²) in [6.45, 7) is 8.30. The maximum atomic E-state index is 12.9. The number of aliphatic hydroxyl groups is 2. The molecule has 2 N–H and O–H groups in total.